The van der Waals surface area contributed by atoms with Gasteiger partial charge in [-0.15, -0.1) is 0 Å². The average molecular weight is 317 g/mol. The third-order valence-corrected chi connectivity index (χ3v) is 3.06. The highest BCUT2D eigenvalue weighted by Gasteiger charge is 2.16. The van der Waals surface area contributed by atoms with E-state index >= 15 is 0 Å². The molecule has 0 aromatic heterocycles. The van der Waals surface area contributed by atoms with Crippen molar-refractivity contribution in [2.75, 3.05) is 26.2 Å². The number of nitrogens with zero attached hydrogens (tertiary/aromatic N) is 1. The van der Waals surface area contributed by atoms with Crippen LogP contribution in [-0.2, 0) is 9.59 Å². The molecule has 0 fully saturated rings. The summed E-state index contributed by atoms with van der Waals surface area (Å²) >= 11 is 0. The Morgan fingerprint density at radius 3 is 1.91 bits per heavy atom. The first kappa shape index (κ1) is 20.4. The number of nitrogens with two attached hydrogens (primary N) is 2. The predicted molar refractivity (Wildman–Crippen MR) is 82.8 cm³/mol. The van der Waals surface area contributed by atoms with E-state index in [2.05, 4.69) is 15.8 Å². The minimum atomic E-state index is -0.658. The monoisotopic (exact) mass is 317 g/mol. The third kappa shape index (κ3) is 10.2. The zero-order valence-corrected chi connectivity index (χ0v) is 12.8. The van der Waals surface area contributed by atoms with Crippen LogP contribution in [0.15, 0.2) is 5.18 Å². The lowest BCUT2D eigenvalue weighted by Gasteiger charge is -2.14. The molecule has 0 heterocycles. The average Bonchev–Trinajstić information content (AvgIpc) is 2.51. The van der Waals surface area contributed by atoms with Gasteiger partial charge in [0, 0.05) is 19.7 Å². The fourth-order valence-electron chi connectivity index (χ4n) is 1.73. The summed E-state index contributed by atoms with van der Waals surface area (Å²) in [6, 6.07) is -1.30. The summed E-state index contributed by atoms with van der Waals surface area (Å²) in [4.78, 5) is 33.1. The Morgan fingerprint density at radius 2 is 1.45 bits per heavy atom. The van der Waals surface area contributed by atoms with Gasteiger partial charge in [-0.25, -0.2) is 0 Å². The molecule has 0 aromatic carbocycles. The molecule has 22 heavy (non-hydrogen) atoms. The van der Waals surface area contributed by atoms with E-state index in [4.69, 9.17) is 16.6 Å². The number of carbonyl (C=O) groups excluding carboxylic acids is 2. The molecule has 9 nitrogen and oxygen atoms in total. The molecule has 0 aliphatic heterocycles. The number of amides is 2. The van der Waals surface area contributed by atoms with Crippen LogP contribution in [0.3, 0.4) is 0 Å². The molecule has 0 saturated carbocycles. The van der Waals surface area contributed by atoms with Gasteiger partial charge in [0.2, 0.25) is 11.8 Å². The maximum atomic E-state index is 11.6. The van der Waals surface area contributed by atoms with Crippen molar-refractivity contribution < 1.29 is 14.7 Å². The topological polar surface area (TPSA) is 160 Å². The number of hydrogen-bond donors (Lipinski definition) is 5. The van der Waals surface area contributed by atoms with E-state index in [0.717, 1.165) is 0 Å². The first-order valence-electron chi connectivity index (χ1n) is 7.49. The molecule has 0 aromatic rings. The number of hydrogen-bond acceptors (Lipinski definition) is 7. The highest BCUT2D eigenvalue weighted by Crippen LogP contribution is 2.02. The second kappa shape index (κ2) is 13.1. The Morgan fingerprint density at radius 1 is 0.955 bits per heavy atom. The first-order valence-corrected chi connectivity index (χ1v) is 7.49. The van der Waals surface area contributed by atoms with Crippen LogP contribution in [0.2, 0.25) is 0 Å². The van der Waals surface area contributed by atoms with Gasteiger partial charge in [-0.1, -0.05) is 5.18 Å². The molecule has 0 aliphatic rings. The summed E-state index contributed by atoms with van der Waals surface area (Å²) in [7, 11) is 0. The van der Waals surface area contributed by atoms with Crippen LogP contribution >= 0.6 is 0 Å². The SMILES string of the molecule is NC(CCCC(N)C(=O)NCCCN=O)C(=O)NCCCO. The standard InChI is InChI=1S/C13H27N5O4/c14-10(12(20)16-6-2-8-18-22)4-1-5-11(15)13(21)17-7-3-9-19/h10-11,19H,1-9,14-15H2,(H,16,20)(H,17,21). The Kier molecular flexibility index (Phi) is 12.2. The summed E-state index contributed by atoms with van der Waals surface area (Å²) in [5.74, 6) is -0.556. The molecule has 0 rings (SSSR count). The summed E-state index contributed by atoms with van der Waals surface area (Å²) in [5, 5.41) is 16.5. The predicted octanol–water partition coefficient (Wildman–Crippen LogP) is -1.42. The second-order valence-corrected chi connectivity index (χ2v) is 5.01. The number of nitrogens with one attached hydrogen (secondary N) is 2. The van der Waals surface area contributed by atoms with Crippen LogP contribution in [0, 0.1) is 4.91 Å². The Balaban J connectivity index is 3.76. The molecular formula is C13H27N5O4. The van der Waals surface area contributed by atoms with Gasteiger partial charge in [-0.2, -0.15) is 4.91 Å². The minimum Gasteiger partial charge on any atom is -0.396 e. The van der Waals surface area contributed by atoms with Crippen molar-refractivity contribution in [1.82, 2.24) is 10.6 Å². The zero-order valence-electron chi connectivity index (χ0n) is 12.8. The van der Waals surface area contributed by atoms with Crippen LogP contribution in [0.4, 0.5) is 0 Å². The van der Waals surface area contributed by atoms with Gasteiger partial charge in [-0.3, -0.25) is 9.59 Å². The number of aliphatic hydroxyl groups excluding tert-OH is 1. The van der Waals surface area contributed by atoms with Crippen molar-refractivity contribution in [1.29, 1.82) is 0 Å². The number of nitroso groups, excluding NO2 is 1. The third-order valence-electron chi connectivity index (χ3n) is 3.06. The van der Waals surface area contributed by atoms with E-state index in [-0.39, 0.29) is 25.0 Å². The second-order valence-electron chi connectivity index (χ2n) is 5.01. The van der Waals surface area contributed by atoms with Gasteiger partial charge in [-0.05, 0) is 32.1 Å². The molecule has 0 aliphatic carbocycles. The maximum Gasteiger partial charge on any atom is 0.236 e. The van der Waals surface area contributed by atoms with Crippen molar-refractivity contribution in [2.24, 2.45) is 16.6 Å². The molecule has 0 saturated heterocycles. The van der Waals surface area contributed by atoms with Crippen LogP contribution in [-0.4, -0.2) is 55.2 Å². The fraction of sp³-hybridized carbons (Fsp3) is 0.846. The minimum absolute atomic E-state index is 0.0163. The van der Waals surface area contributed by atoms with Crippen molar-refractivity contribution in [3.63, 3.8) is 0 Å². The summed E-state index contributed by atoms with van der Waals surface area (Å²) in [6.45, 7) is 0.934. The Hall–Kier alpha value is -1.58. The molecular weight excluding hydrogens is 290 g/mol. The van der Waals surface area contributed by atoms with E-state index in [1.165, 1.54) is 0 Å². The smallest absolute Gasteiger partial charge is 0.236 e. The lowest BCUT2D eigenvalue weighted by Crippen LogP contribution is -2.43. The molecule has 2 atom stereocenters. The maximum absolute atomic E-state index is 11.6. The molecule has 0 spiro atoms. The van der Waals surface area contributed by atoms with E-state index in [1.807, 2.05) is 0 Å². The van der Waals surface area contributed by atoms with E-state index in [9.17, 15) is 14.5 Å². The van der Waals surface area contributed by atoms with E-state index in [1.54, 1.807) is 0 Å². The lowest BCUT2D eigenvalue weighted by molar-refractivity contribution is -0.122. The summed E-state index contributed by atoms with van der Waals surface area (Å²) in [5.41, 5.74) is 11.4. The molecule has 0 radical (unpaired) electrons. The molecule has 2 amide bonds. The molecule has 9 heteroatoms. The number of carbonyl (C=O) groups is 2. The largest absolute Gasteiger partial charge is 0.396 e. The fourth-order valence-corrected chi connectivity index (χ4v) is 1.73. The molecule has 0 bridgehead atoms. The normalized spacial score (nSPS) is 13.2. The summed E-state index contributed by atoms with van der Waals surface area (Å²) < 4.78 is 0. The van der Waals surface area contributed by atoms with Crippen molar-refractivity contribution in [2.45, 2.75) is 44.2 Å². The van der Waals surface area contributed by atoms with Crippen LogP contribution in [0.1, 0.15) is 32.1 Å². The van der Waals surface area contributed by atoms with E-state index < -0.39 is 12.1 Å². The van der Waals surface area contributed by atoms with Crippen molar-refractivity contribution in [3.05, 3.63) is 4.91 Å². The molecule has 2 unspecified atom stereocenters. The first-order chi connectivity index (χ1) is 10.5. The van der Waals surface area contributed by atoms with Gasteiger partial charge in [0.25, 0.3) is 0 Å². The zero-order chi connectivity index (χ0) is 16.8. The lowest BCUT2D eigenvalue weighted by atomic mass is 10.1. The van der Waals surface area contributed by atoms with Gasteiger partial charge >= 0.3 is 0 Å². The van der Waals surface area contributed by atoms with Crippen molar-refractivity contribution >= 4 is 11.8 Å². The van der Waals surface area contributed by atoms with Gasteiger partial charge in [0.15, 0.2) is 0 Å². The number of aliphatic hydroxyl groups is 1. The molecule has 128 valence electrons. The van der Waals surface area contributed by atoms with Crippen LogP contribution in [0.25, 0.3) is 0 Å². The van der Waals surface area contributed by atoms with Crippen molar-refractivity contribution in [3.8, 4) is 0 Å². The quantitative estimate of drug-likeness (QED) is 0.207. The van der Waals surface area contributed by atoms with Crippen LogP contribution < -0.4 is 22.1 Å². The number of rotatable bonds is 13. The van der Waals surface area contributed by atoms with Gasteiger partial charge < -0.3 is 27.2 Å². The van der Waals surface area contributed by atoms with Crippen LogP contribution in [0.5, 0.6) is 0 Å². The summed E-state index contributed by atoms with van der Waals surface area (Å²) in [6.07, 6.45) is 2.39. The highest BCUT2D eigenvalue weighted by molar-refractivity contribution is 5.82. The Bertz CT molecular complexity index is 340. The van der Waals surface area contributed by atoms with Gasteiger partial charge in [0.05, 0.1) is 18.6 Å². The molecule has 7 N–H and O–H groups in total. The van der Waals surface area contributed by atoms with E-state index in [0.29, 0.717) is 45.2 Å². The highest BCUT2D eigenvalue weighted by atomic mass is 16.3. The Labute approximate surface area is 130 Å². The van der Waals surface area contributed by atoms with Gasteiger partial charge in [0.1, 0.15) is 0 Å².